The lowest BCUT2D eigenvalue weighted by molar-refractivity contribution is 0.679. The van der Waals surface area contributed by atoms with Crippen molar-refractivity contribution in [2.24, 2.45) is 0 Å². The Kier molecular flexibility index (Phi) is 13.9. The maximum absolute atomic E-state index is 3.45. The quantitative estimate of drug-likeness (QED) is 0.275. The van der Waals surface area contributed by atoms with Gasteiger partial charge in [-0.05, 0) is 25.7 Å². The van der Waals surface area contributed by atoms with Crippen LogP contribution in [0.1, 0.15) is 58.3 Å². The van der Waals surface area contributed by atoms with Crippen molar-refractivity contribution in [2.45, 2.75) is 58.3 Å². The highest BCUT2D eigenvalue weighted by Gasteiger charge is 1.86. The second-order valence-corrected chi connectivity index (χ2v) is 4.68. The predicted octanol–water partition coefficient (Wildman–Crippen LogP) is 5.63. The third-order valence-electron chi connectivity index (χ3n) is 2.36. The Labute approximate surface area is 104 Å². The van der Waals surface area contributed by atoms with E-state index in [1.165, 1.54) is 51.4 Å². The smallest absolute Gasteiger partial charge is 0.00313 e. The minimum atomic E-state index is 1.16. The van der Waals surface area contributed by atoms with Crippen LogP contribution < -0.4 is 0 Å². The van der Waals surface area contributed by atoms with E-state index in [0.717, 1.165) is 5.33 Å². The molecular formula is C14H25Br. The van der Waals surface area contributed by atoms with Gasteiger partial charge in [0.15, 0.2) is 0 Å². The summed E-state index contributed by atoms with van der Waals surface area (Å²) in [4.78, 5) is 0. The lowest BCUT2D eigenvalue weighted by Crippen LogP contribution is -1.77. The third kappa shape index (κ3) is 14.0. The second-order valence-electron chi connectivity index (χ2n) is 3.89. The standard InChI is InChI=1S/C14H25Br/c1-2-3-4-5-6-7-8-9-10-11-12-13-14-15/h5-8H,2-4,9-14H2,1H3. The summed E-state index contributed by atoms with van der Waals surface area (Å²) in [6, 6.07) is 0. The molecule has 1 heteroatoms. The zero-order chi connectivity index (χ0) is 11.2. The summed E-state index contributed by atoms with van der Waals surface area (Å²) in [5.74, 6) is 0. The van der Waals surface area contributed by atoms with Gasteiger partial charge in [-0.3, -0.25) is 0 Å². The van der Waals surface area contributed by atoms with Gasteiger partial charge in [-0.25, -0.2) is 0 Å². The van der Waals surface area contributed by atoms with Gasteiger partial charge in [-0.15, -0.1) is 0 Å². The Morgan fingerprint density at radius 1 is 0.800 bits per heavy atom. The number of alkyl halides is 1. The molecule has 0 amide bonds. The van der Waals surface area contributed by atoms with Crippen molar-refractivity contribution in [3.63, 3.8) is 0 Å². The molecule has 0 heterocycles. The van der Waals surface area contributed by atoms with Crippen LogP contribution in [-0.2, 0) is 0 Å². The van der Waals surface area contributed by atoms with Crippen molar-refractivity contribution in [1.82, 2.24) is 0 Å². The summed E-state index contributed by atoms with van der Waals surface area (Å²) in [5.41, 5.74) is 0. The van der Waals surface area contributed by atoms with Gasteiger partial charge < -0.3 is 0 Å². The topological polar surface area (TPSA) is 0 Å². The normalized spacial score (nSPS) is 11.9. The monoisotopic (exact) mass is 272 g/mol. The van der Waals surface area contributed by atoms with Crippen LogP contribution in [-0.4, -0.2) is 5.33 Å². The Hall–Kier alpha value is -0.0400. The van der Waals surface area contributed by atoms with E-state index < -0.39 is 0 Å². The van der Waals surface area contributed by atoms with Gasteiger partial charge in [0.2, 0.25) is 0 Å². The summed E-state index contributed by atoms with van der Waals surface area (Å²) in [7, 11) is 0. The molecule has 0 spiro atoms. The number of allylic oxidation sites excluding steroid dienone is 4. The molecule has 0 fully saturated rings. The molecule has 0 aliphatic rings. The molecule has 0 aliphatic heterocycles. The van der Waals surface area contributed by atoms with E-state index in [0.29, 0.717) is 0 Å². The maximum Gasteiger partial charge on any atom is 0.00313 e. The molecule has 0 rings (SSSR count). The van der Waals surface area contributed by atoms with E-state index in [9.17, 15) is 0 Å². The molecule has 0 aromatic heterocycles. The number of hydrogen-bond acceptors (Lipinski definition) is 0. The van der Waals surface area contributed by atoms with Gasteiger partial charge >= 0.3 is 0 Å². The fourth-order valence-electron chi connectivity index (χ4n) is 1.38. The molecule has 0 nitrogen and oxygen atoms in total. The molecular weight excluding hydrogens is 248 g/mol. The minimum Gasteiger partial charge on any atom is -0.0928 e. The van der Waals surface area contributed by atoms with E-state index in [-0.39, 0.29) is 0 Å². The van der Waals surface area contributed by atoms with Crippen LogP contribution in [0.2, 0.25) is 0 Å². The fraction of sp³-hybridized carbons (Fsp3) is 0.714. The highest BCUT2D eigenvalue weighted by molar-refractivity contribution is 9.09. The van der Waals surface area contributed by atoms with Crippen LogP contribution in [0.25, 0.3) is 0 Å². The van der Waals surface area contributed by atoms with E-state index in [4.69, 9.17) is 0 Å². The average molecular weight is 273 g/mol. The Morgan fingerprint density at radius 2 is 1.40 bits per heavy atom. The Morgan fingerprint density at radius 3 is 2.00 bits per heavy atom. The van der Waals surface area contributed by atoms with Gasteiger partial charge in [-0.1, -0.05) is 72.8 Å². The molecule has 15 heavy (non-hydrogen) atoms. The van der Waals surface area contributed by atoms with Crippen molar-refractivity contribution < 1.29 is 0 Å². The van der Waals surface area contributed by atoms with E-state index in [1.54, 1.807) is 0 Å². The van der Waals surface area contributed by atoms with Crippen molar-refractivity contribution >= 4 is 15.9 Å². The third-order valence-corrected chi connectivity index (χ3v) is 2.92. The average Bonchev–Trinajstić information content (AvgIpc) is 2.26. The molecule has 0 radical (unpaired) electrons. The fourth-order valence-corrected chi connectivity index (χ4v) is 1.78. The first-order valence-electron chi connectivity index (χ1n) is 6.29. The summed E-state index contributed by atoms with van der Waals surface area (Å²) < 4.78 is 0. The van der Waals surface area contributed by atoms with E-state index in [2.05, 4.69) is 47.2 Å². The molecule has 0 N–H and O–H groups in total. The molecule has 0 bridgehead atoms. The minimum absolute atomic E-state index is 1.16. The summed E-state index contributed by atoms with van der Waals surface area (Å²) in [6.07, 6.45) is 19.4. The maximum atomic E-state index is 3.45. The van der Waals surface area contributed by atoms with Crippen molar-refractivity contribution in [3.8, 4) is 0 Å². The van der Waals surface area contributed by atoms with Gasteiger partial charge in [0.1, 0.15) is 0 Å². The highest BCUT2D eigenvalue weighted by Crippen LogP contribution is 2.05. The number of unbranched alkanes of at least 4 members (excludes halogenated alkanes) is 6. The van der Waals surface area contributed by atoms with Crippen molar-refractivity contribution in [1.29, 1.82) is 0 Å². The lowest BCUT2D eigenvalue weighted by Gasteiger charge is -1.94. The Bertz CT molecular complexity index is 159. The molecule has 88 valence electrons. The zero-order valence-corrected chi connectivity index (χ0v) is 11.6. The van der Waals surface area contributed by atoms with Crippen LogP contribution >= 0.6 is 15.9 Å². The predicted molar refractivity (Wildman–Crippen MR) is 74.7 cm³/mol. The van der Waals surface area contributed by atoms with E-state index in [1.807, 2.05) is 0 Å². The van der Waals surface area contributed by atoms with Crippen LogP contribution in [0.3, 0.4) is 0 Å². The number of hydrogen-bond donors (Lipinski definition) is 0. The summed E-state index contributed by atoms with van der Waals surface area (Å²) >= 11 is 3.45. The van der Waals surface area contributed by atoms with Gasteiger partial charge in [-0.2, -0.15) is 0 Å². The molecule has 0 atom stereocenters. The first-order valence-corrected chi connectivity index (χ1v) is 7.41. The van der Waals surface area contributed by atoms with Crippen LogP contribution in [0.5, 0.6) is 0 Å². The first kappa shape index (κ1) is 15.0. The summed E-state index contributed by atoms with van der Waals surface area (Å²) in [5, 5.41) is 1.16. The van der Waals surface area contributed by atoms with Crippen molar-refractivity contribution in [2.75, 3.05) is 5.33 Å². The van der Waals surface area contributed by atoms with E-state index >= 15 is 0 Å². The largest absolute Gasteiger partial charge is 0.0928 e. The van der Waals surface area contributed by atoms with Gasteiger partial charge in [0.25, 0.3) is 0 Å². The Balaban J connectivity index is 3.13. The molecule has 0 saturated carbocycles. The lowest BCUT2D eigenvalue weighted by atomic mass is 10.1. The van der Waals surface area contributed by atoms with Crippen LogP contribution in [0, 0.1) is 0 Å². The number of halogens is 1. The second kappa shape index (κ2) is 14.0. The van der Waals surface area contributed by atoms with Gasteiger partial charge in [0, 0.05) is 5.33 Å². The summed E-state index contributed by atoms with van der Waals surface area (Å²) in [6.45, 7) is 2.23. The molecule has 0 aromatic carbocycles. The van der Waals surface area contributed by atoms with Crippen LogP contribution in [0.15, 0.2) is 24.3 Å². The SMILES string of the molecule is CCCCC=CC=CCCCCCCBr. The highest BCUT2D eigenvalue weighted by atomic mass is 79.9. The molecule has 0 saturated heterocycles. The zero-order valence-electron chi connectivity index (χ0n) is 10.1. The first-order chi connectivity index (χ1) is 7.41. The molecule has 0 aromatic rings. The molecule has 0 aliphatic carbocycles. The molecule has 0 unspecified atom stereocenters. The van der Waals surface area contributed by atoms with Gasteiger partial charge in [0.05, 0.1) is 0 Å². The number of rotatable bonds is 10. The van der Waals surface area contributed by atoms with Crippen molar-refractivity contribution in [3.05, 3.63) is 24.3 Å². The van der Waals surface area contributed by atoms with Crippen LogP contribution in [0.4, 0.5) is 0 Å².